The number of hydrogen-bond donors (Lipinski definition) is 1. The minimum atomic E-state index is -0.259. The minimum Gasteiger partial charge on any atom is -0.360 e. The largest absolute Gasteiger partial charge is 0.360 e. The molecule has 7 heteroatoms. The molecule has 5 rings (SSSR count). The quantitative estimate of drug-likeness (QED) is 0.534. The number of hydrogen-bond acceptors (Lipinski definition) is 5. The van der Waals surface area contributed by atoms with E-state index in [1.54, 1.807) is 29.2 Å². The highest BCUT2D eigenvalue weighted by Crippen LogP contribution is 2.40. The molecule has 2 aromatic carbocycles. The first-order valence-corrected chi connectivity index (χ1v) is 9.95. The van der Waals surface area contributed by atoms with Gasteiger partial charge in [-0.05, 0) is 30.5 Å². The number of amides is 1. The molecule has 0 saturated heterocycles. The number of aromatic amines is 1. The third-order valence-electron chi connectivity index (χ3n) is 5.23. The van der Waals surface area contributed by atoms with Gasteiger partial charge in [-0.2, -0.15) is 0 Å². The first kappa shape index (κ1) is 18.3. The standard InChI is InChI=1S/C23H20N4O3/c28-22-17-8-4-5-9-18(17)24-21(25-22)14-27(13-15-6-2-1-3-7-15)23(29)19-12-20(30-26-19)16-10-11-16/h1-9,12,16H,10-11,13-14H2,(H,24,25,28). The highest BCUT2D eigenvalue weighted by molar-refractivity contribution is 5.92. The summed E-state index contributed by atoms with van der Waals surface area (Å²) in [5.41, 5.74) is 1.62. The van der Waals surface area contributed by atoms with Gasteiger partial charge >= 0.3 is 0 Å². The lowest BCUT2D eigenvalue weighted by Gasteiger charge is -2.21. The fraction of sp³-hybridized carbons (Fsp3) is 0.217. The molecule has 2 aromatic heterocycles. The smallest absolute Gasteiger partial charge is 0.276 e. The van der Waals surface area contributed by atoms with Crippen molar-refractivity contribution in [3.8, 4) is 0 Å². The van der Waals surface area contributed by atoms with Crippen LogP contribution >= 0.6 is 0 Å². The highest BCUT2D eigenvalue weighted by Gasteiger charge is 2.30. The predicted octanol–water partition coefficient (Wildman–Crippen LogP) is 3.63. The van der Waals surface area contributed by atoms with Crippen LogP contribution < -0.4 is 5.56 Å². The first-order valence-electron chi connectivity index (χ1n) is 9.95. The van der Waals surface area contributed by atoms with Crippen LogP contribution in [0, 0.1) is 0 Å². The second-order valence-corrected chi connectivity index (χ2v) is 7.57. The summed E-state index contributed by atoms with van der Waals surface area (Å²) in [6.07, 6.45) is 2.14. The van der Waals surface area contributed by atoms with Crippen molar-refractivity contribution >= 4 is 16.8 Å². The van der Waals surface area contributed by atoms with E-state index in [9.17, 15) is 9.59 Å². The van der Waals surface area contributed by atoms with Gasteiger partial charge in [-0.25, -0.2) is 4.98 Å². The van der Waals surface area contributed by atoms with Crippen LogP contribution in [0.5, 0.6) is 0 Å². The van der Waals surface area contributed by atoms with Gasteiger partial charge in [-0.15, -0.1) is 0 Å². The molecule has 1 aliphatic rings. The van der Waals surface area contributed by atoms with Crippen LogP contribution in [0.4, 0.5) is 0 Å². The minimum absolute atomic E-state index is 0.152. The summed E-state index contributed by atoms with van der Waals surface area (Å²) in [5, 5.41) is 4.51. The monoisotopic (exact) mass is 400 g/mol. The maximum Gasteiger partial charge on any atom is 0.276 e. The van der Waals surface area contributed by atoms with Crippen molar-refractivity contribution in [1.29, 1.82) is 0 Å². The highest BCUT2D eigenvalue weighted by atomic mass is 16.5. The van der Waals surface area contributed by atoms with Crippen LogP contribution in [0.3, 0.4) is 0 Å². The van der Waals surface area contributed by atoms with Crippen LogP contribution in [-0.4, -0.2) is 25.9 Å². The van der Waals surface area contributed by atoms with E-state index in [2.05, 4.69) is 15.1 Å². The van der Waals surface area contributed by atoms with Gasteiger partial charge in [0.15, 0.2) is 5.69 Å². The maximum absolute atomic E-state index is 13.2. The lowest BCUT2D eigenvalue weighted by Crippen LogP contribution is -2.32. The SMILES string of the molecule is O=C(c1cc(C2CC2)on1)N(Cc1ccccc1)Cc1nc2ccccc2c(=O)[nH]1. The third kappa shape index (κ3) is 3.74. The normalized spacial score (nSPS) is 13.5. The van der Waals surface area contributed by atoms with Crippen molar-refractivity contribution in [3.05, 3.63) is 93.9 Å². The Balaban J connectivity index is 1.47. The summed E-state index contributed by atoms with van der Waals surface area (Å²) in [6, 6.07) is 18.6. The number of nitrogens with zero attached hydrogens (tertiary/aromatic N) is 3. The average molecular weight is 400 g/mol. The topological polar surface area (TPSA) is 92.1 Å². The molecule has 7 nitrogen and oxygen atoms in total. The number of nitrogens with one attached hydrogen (secondary N) is 1. The summed E-state index contributed by atoms with van der Waals surface area (Å²) in [5.74, 6) is 1.30. The Hall–Kier alpha value is -3.74. The van der Waals surface area contributed by atoms with Crippen molar-refractivity contribution in [2.45, 2.75) is 31.8 Å². The molecule has 0 spiro atoms. The number of rotatable bonds is 6. The van der Waals surface area contributed by atoms with Gasteiger partial charge in [0.05, 0.1) is 17.4 Å². The fourth-order valence-electron chi connectivity index (χ4n) is 3.51. The van der Waals surface area contributed by atoms with Crippen molar-refractivity contribution in [1.82, 2.24) is 20.0 Å². The summed E-state index contributed by atoms with van der Waals surface area (Å²) in [6.45, 7) is 0.515. The van der Waals surface area contributed by atoms with Gasteiger partial charge in [0.25, 0.3) is 11.5 Å². The third-order valence-corrected chi connectivity index (χ3v) is 5.23. The molecule has 1 saturated carbocycles. The van der Waals surface area contributed by atoms with Gasteiger partial charge in [0.1, 0.15) is 11.6 Å². The molecule has 1 fully saturated rings. The van der Waals surface area contributed by atoms with E-state index in [1.807, 2.05) is 36.4 Å². The van der Waals surface area contributed by atoms with Crippen LogP contribution in [0.25, 0.3) is 10.9 Å². The lowest BCUT2D eigenvalue weighted by atomic mass is 10.2. The molecule has 4 aromatic rings. The zero-order chi connectivity index (χ0) is 20.5. The van der Waals surface area contributed by atoms with Gasteiger partial charge in [0.2, 0.25) is 0 Å². The molecule has 0 aliphatic heterocycles. The summed E-state index contributed by atoms with van der Waals surface area (Å²) < 4.78 is 5.37. The molecule has 1 amide bonds. The number of aromatic nitrogens is 3. The summed E-state index contributed by atoms with van der Waals surface area (Å²) in [4.78, 5) is 34.6. The van der Waals surface area contributed by atoms with E-state index in [0.29, 0.717) is 29.2 Å². The van der Waals surface area contributed by atoms with Crippen molar-refractivity contribution in [2.75, 3.05) is 0 Å². The van der Waals surface area contributed by atoms with Crippen LogP contribution in [0.15, 0.2) is 70.0 Å². The number of carbonyl (C=O) groups is 1. The molecule has 2 heterocycles. The molecule has 1 aliphatic carbocycles. The Labute approximate surface area is 172 Å². The molecule has 0 atom stereocenters. The van der Waals surface area contributed by atoms with Crippen LogP contribution in [-0.2, 0) is 13.1 Å². The lowest BCUT2D eigenvalue weighted by molar-refractivity contribution is 0.0714. The van der Waals surface area contributed by atoms with E-state index >= 15 is 0 Å². The summed E-state index contributed by atoms with van der Waals surface area (Å²) in [7, 11) is 0. The second-order valence-electron chi connectivity index (χ2n) is 7.57. The van der Waals surface area contributed by atoms with E-state index in [0.717, 1.165) is 24.2 Å². The zero-order valence-electron chi connectivity index (χ0n) is 16.2. The molecule has 0 bridgehead atoms. The van der Waals surface area contributed by atoms with Crippen molar-refractivity contribution < 1.29 is 9.32 Å². The number of H-pyrrole nitrogens is 1. The van der Waals surface area contributed by atoms with Gasteiger partial charge < -0.3 is 14.4 Å². The average Bonchev–Trinajstić information content (AvgIpc) is 3.50. The molecule has 150 valence electrons. The maximum atomic E-state index is 13.2. The van der Waals surface area contributed by atoms with E-state index in [4.69, 9.17) is 4.52 Å². The number of fused-ring (bicyclic) bond motifs is 1. The van der Waals surface area contributed by atoms with Gasteiger partial charge in [0, 0.05) is 18.5 Å². The number of benzene rings is 2. The van der Waals surface area contributed by atoms with Crippen LogP contribution in [0.1, 0.15) is 46.4 Å². The number of carbonyl (C=O) groups excluding carboxylic acids is 1. The molecule has 0 unspecified atom stereocenters. The molecule has 1 N–H and O–H groups in total. The van der Waals surface area contributed by atoms with E-state index < -0.39 is 0 Å². The van der Waals surface area contributed by atoms with Crippen molar-refractivity contribution in [3.63, 3.8) is 0 Å². The number of para-hydroxylation sites is 1. The Morgan fingerprint density at radius 1 is 1.07 bits per heavy atom. The molecular formula is C23H20N4O3. The predicted molar refractivity (Wildman–Crippen MR) is 111 cm³/mol. The van der Waals surface area contributed by atoms with Crippen LogP contribution in [0.2, 0.25) is 0 Å². The van der Waals surface area contributed by atoms with Crippen molar-refractivity contribution in [2.24, 2.45) is 0 Å². The summed E-state index contributed by atoms with van der Waals surface area (Å²) >= 11 is 0. The Kier molecular flexibility index (Phi) is 4.63. The Bertz CT molecular complexity index is 1260. The molecule has 30 heavy (non-hydrogen) atoms. The molecular weight excluding hydrogens is 380 g/mol. The van der Waals surface area contributed by atoms with E-state index in [-0.39, 0.29) is 23.7 Å². The van der Waals surface area contributed by atoms with Gasteiger partial charge in [-0.1, -0.05) is 47.6 Å². The Morgan fingerprint density at radius 2 is 1.83 bits per heavy atom. The zero-order valence-corrected chi connectivity index (χ0v) is 16.2. The van der Waals surface area contributed by atoms with Gasteiger partial charge in [-0.3, -0.25) is 9.59 Å². The fourth-order valence-corrected chi connectivity index (χ4v) is 3.51. The second kappa shape index (κ2) is 7.59. The van der Waals surface area contributed by atoms with E-state index in [1.165, 1.54) is 0 Å². The molecule has 0 radical (unpaired) electrons. The first-order chi connectivity index (χ1) is 14.7. The Morgan fingerprint density at radius 3 is 2.63 bits per heavy atom.